The van der Waals surface area contributed by atoms with E-state index in [2.05, 4.69) is 40.2 Å². The Kier molecular flexibility index (Phi) is 5.22. The molecule has 0 saturated carbocycles. The number of amides is 1. The summed E-state index contributed by atoms with van der Waals surface area (Å²) < 4.78 is 2.16. The average Bonchev–Trinajstić information content (AvgIpc) is 3.07. The van der Waals surface area contributed by atoms with Gasteiger partial charge in [0.25, 0.3) is 5.91 Å². The summed E-state index contributed by atoms with van der Waals surface area (Å²) in [6, 6.07) is 20.0. The predicted octanol–water partition coefficient (Wildman–Crippen LogP) is 4.17. The SMILES string of the molecule is Cc1ccccc1Cn1cc(/C=N\NC(=O)c2cc(O)cc(O)c2)c2ccccc21. The van der Waals surface area contributed by atoms with Gasteiger partial charge in [0.1, 0.15) is 11.5 Å². The van der Waals surface area contributed by atoms with Gasteiger partial charge < -0.3 is 14.8 Å². The Morgan fingerprint density at radius 3 is 2.50 bits per heavy atom. The lowest BCUT2D eigenvalue weighted by Crippen LogP contribution is -2.17. The summed E-state index contributed by atoms with van der Waals surface area (Å²) in [6.45, 7) is 2.83. The number of nitrogens with one attached hydrogen (secondary N) is 1. The molecule has 6 nitrogen and oxygen atoms in total. The highest BCUT2D eigenvalue weighted by atomic mass is 16.3. The van der Waals surface area contributed by atoms with Crippen molar-refractivity contribution in [1.82, 2.24) is 9.99 Å². The van der Waals surface area contributed by atoms with Crippen LogP contribution in [0.3, 0.4) is 0 Å². The van der Waals surface area contributed by atoms with E-state index in [-0.39, 0.29) is 17.1 Å². The standard InChI is InChI=1S/C24H21N3O3/c1-16-6-2-3-7-17(16)14-27-15-19(22-8-4-5-9-23(22)27)13-25-26-24(30)18-10-20(28)12-21(29)11-18/h2-13,15,28-29H,14H2,1H3,(H,26,30)/b25-13-. The molecule has 0 aliphatic carbocycles. The van der Waals surface area contributed by atoms with Gasteiger partial charge in [0.2, 0.25) is 0 Å². The van der Waals surface area contributed by atoms with E-state index in [9.17, 15) is 15.0 Å². The minimum atomic E-state index is -0.527. The normalized spacial score (nSPS) is 11.2. The van der Waals surface area contributed by atoms with Crippen LogP contribution in [0.2, 0.25) is 0 Å². The molecular weight excluding hydrogens is 378 g/mol. The second-order valence-electron chi connectivity index (χ2n) is 7.09. The summed E-state index contributed by atoms with van der Waals surface area (Å²) >= 11 is 0. The van der Waals surface area contributed by atoms with Crippen LogP contribution in [0.4, 0.5) is 0 Å². The molecule has 30 heavy (non-hydrogen) atoms. The van der Waals surface area contributed by atoms with E-state index in [1.54, 1.807) is 6.21 Å². The number of carbonyl (C=O) groups is 1. The molecule has 0 aliphatic rings. The minimum absolute atomic E-state index is 0.117. The van der Waals surface area contributed by atoms with Crippen LogP contribution in [0.1, 0.15) is 27.0 Å². The van der Waals surface area contributed by atoms with Gasteiger partial charge in [0.05, 0.1) is 6.21 Å². The summed E-state index contributed by atoms with van der Waals surface area (Å²) in [7, 11) is 0. The van der Waals surface area contributed by atoms with Gasteiger partial charge in [-0.05, 0) is 36.2 Å². The average molecular weight is 399 g/mol. The molecule has 0 atom stereocenters. The number of fused-ring (bicyclic) bond motifs is 1. The Morgan fingerprint density at radius 1 is 1.03 bits per heavy atom. The fourth-order valence-electron chi connectivity index (χ4n) is 3.43. The van der Waals surface area contributed by atoms with Crippen molar-refractivity contribution in [2.24, 2.45) is 5.10 Å². The Labute approximate surface area is 173 Å². The zero-order chi connectivity index (χ0) is 21.1. The maximum Gasteiger partial charge on any atom is 0.271 e. The van der Waals surface area contributed by atoms with E-state index in [0.29, 0.717) is 0 Å². The monoisotopic (exact) mass is 399 g/mol. The number of para-hydroxylation sites is 1. The lowest BCUT2D eigenvalue weighted by atomic mass is 10.1. The Balaban J connectivity index is 1.58. The lowest BCUT2D eigenvalue weighted by molar-refractivity contribution is 0.0954. The molecule has 150 valence electrons. The number of nitrogens with zero attached hydrogens (tertiary/aromatic N) is 2. The Morgan fingerprint density at radius 2 is 1.73 bits per heavy atom. The Bertz CT molecular complexity index is 1240. The van der Waals surface area contributed by atoms with Crippen LogP contribution in [0, 0.1) is 6.92 Å². The highest BCUT2D eigenvalue weighted by molar-refractivity contribution is 6.00. The molecule has 0 saturated heterocycles. The molecule has 0 unspecified atom stereocenters. The molecule has 4 rings (SSSR count). The first kappa shape index (κ1) is 19.3. The van der Waals surface area contributed by atoms with E-state index in [1.165, 1.54) is 23.3 Å². The zero-order valence-electron chi connectivity index (χ0n) is 16.4. The molecular formula is C24H21N3O3. The lowest BCUT2D eigenvalue weighted by Gasteiger charge is -2.08. The molecule has 1 amide bonds. The molecule has 0 fully saturated rings. The fourth-order valence-corrected chi connectivity index (χ4v) is 3.43. The van der Waals surface area contributed by atoms with Crippen LogP contribution in [-0.2, 0) is 6.54 Å². The van der Waals surface area contributed by atoms with Crippen molar-refractivity contribution in [3.05, 3.63) is 95.2 Å². The summed E-state index contributed by atoms with van der Waals surface area (Å²) in [5, 5.41) is 24.1. The van der Waals surface area contributed by atoms with Crippen LogP contribution in [0.25, 0.3) is 10.9 Å². The third-order valence-electron chi connectivity index (χ3n) is 4.96. The second-order valence-corrected chi connectivity index (χ2v) is 7.09. The molecule has 3 N–H and O–H groups in total. The van der Waals surface area contributed by atoms with Crippen LogP contribution in [-0.4, -0.2) is 26.9 Å². The number of aryl methyl sites for hydroxylation is 1. The van der Waals surface area contributed by atoms with Crippen LogP contribution >= 0.6 is 0 Å². The zero-order valence-corrected chi connectivity index (χ0v) is 16.4. The van der Waals surface area contributed by atoms with Crippen LogP contribution in [0.15, 0.2) is 78.0 Å². The third kappa shape index (κ3) is 4.03. The molecule has 3 aromatic carbocycles. The Hall–Kier alpha value is -4.06. The first-order valence-corrected chi connectivity index (χ1v) is 9.50. The first-order valence-electron chi connectivity index (χ1n) is 9.50. The molecule has 0 bridgehead atoms. The van der Waals surface area contributed by atoms with E-state index in [0.717, 1.165) is 29.1 Å². The highest BCUT2D eigenvalue weighted by Gasteiger charge is 2.10. The summed E-state index contributed by atoms with van der Waals surface area (Å²) in [5.41, 5.74) is 6.96. The minimum Gasteiger partial charge on any atom is -0.508 e. The predicted molar refractivity (Wildman–Crippen MR) is 117 cm³/mol. The highest BCUT2D eigenvalue weighted by Crippen LogP contribution is 2.22. The van der Waals surface area contributed by atoms with Gasteiger partial charge in [0, 0.05) is 40.8 Å². The number of hydrogen-bond donors (Lipinski definition) is 3. The van der Waals surface area contributed by atoms with Crippen molar-refractivity contribution in [3.8, 4) is 11.5 Å². The van der Waals surface area contributed by atoms with Crippen molar-refractivity contribution >= 4 is 23.0 Å². The smallest absolute Gasteiger partial charge is 0.271 e. The molecule has 4 aromatic rings. The topological polar surface area (TPSA) is 86.9 Å². The van der Waals surface area contributed by atoms with Gasteiger partial charge in [-0.15, -0.1) is 0 Å². The number of aromatic hydroxyl groups is 2. The maximum absolute atomic E-state index is 12.2. The van der Waals surface area contributed by atoms with Gasteiger partial charge in [-0.1, -0.05) is 42.5 Å². The van der Waals surface area contributed by atoms with Crippen molar-refractivity contribution in [2.75, 3.05) is 0 Å². The number of aromatic nitrogens is 1. The number of phenols is 2. The van der Waals surface area contributed by atoms with Crippen molar-refractivity contribution in [1.29, 1.82) is 0 Å². The van der Waals surface area contributed by atoms with Gasteiger partial charge in [-0.3, -0.25) is 4.79 Å². The van der Waals surface area contributed by atoms with Crippen molar-refractivity contribution in [2.45, 2.75) is 13.5 Å². The third-order valence-corrected chi connectivity index (χ3v) is 4.96. The van der Waals surface area contributed by atoms with Gasteiger partial charge in [-0.2, -0.15) is 5.10 Å². The molecule has 1 aromatic heterocycles. The second kappa shape index (κ2) is 8.13. The quantitative estimate of drug-likeness (QED) is 0.348. The summed E-state index contributed by atoms with van der Waals surface area (Å²) in [4.78, 5) is 12.2. The maximum atomic E-state index is 12.2. The number of hydrazone groups is 1. The number of rotatable bonds is 5. The molecule has 0 radical (unpaired) electrons. The number of hydrogen-bond acceptors (Lipinski definition) is 4. The molecule has 0 spiro atoms. The summed E-state index contributed by atoms with van der Waals surface area (Å²) in [5.74, 6) is -0.909. The molecule has 1 heterocycles. The van der Waals surface area contributed by atoms with Gasteiger partial charge >= 0.3 is 0 Å². The fraction of sp³-hybridized carbons (Fsp3) is 0.0833. The summed E-state index contributed by atoms with van der Waals surface area (Å²) in [6.07, 6.45) is 3.60. The molecule has 6 heteroatoms. The first-order chi connectivity index (χ1) is 14.5. The van der Waals surface area contributed by atoms with Gasteiger partial charge in [0.15, 0.2) is 0 Å². The molecule has 0 aliphatic heterocycles. The van der Waals surface area contributed by atoms with Crippen molar-refractivity contribution < 1.29 is 15.0 Å². The van der Waals surface area contributed by atoms with E-state index < -0.39 is 5.91 Å². The van der Waals surface area contributed by atoms with Crippen molar-refractivity contribution in [3.63, 3.8) is 0 Å². The van der Waals surface area contributed by atoms with E-state index >= 15 is 0 Å². The van der Waals surface area contributed by atoms with Crippen LogP contribution < -0.4 is 5.43 Å². The number of phenolic OH excluding ortho intramolecular Hbond substituents is 2. The number of benzene rings is 3. The van der Waals surface area contributed by atoms with E-state index in [1.807, 2.05) is 36.5 Å². The van der Waals surface area contributed by atoms with Crippen LogP contribution in [0.5, 0.6) is 11.5 Å². The number of carbonyl (C=O) groups excluding carboxylic acids is 1. The van der Waals surface area contributed by atoms with Gasteiger partial charge in [-0.25, -0.2) is 5.43 Å². The largest absolute Gasteiger partial charge is 0.508 e. The van der Waals surface area contributed by atoms with E-state index in [4.69, 9.17) is 0 Å².